The normalized spacial score (nSPS) is 13.1. The van der Waals surface area contributed by atoms with Crippen molar-refractivity contribution >= 4 is 11.9 Å². The quantitative estimate of drug-likeness (QED) is 0.271. The summed E-state index contributed by atoms with van der Waals surface area (Å²) in [6.45, 7) is 3.72. The number of aryl methyl sites for hydroxylation is 1. The maximum absolute atomic E-state index is 13.7. The highest BCUT2D eigenvalue weighted by Crippen LogP contribution is 2.31. The standard InChI is InChI=1S/C29H35N3O6/c1-2-36-29(35)24(18-22-8-4-3-5-9-22)32(20-23-11-12-25-26(19-23)38-17-16-37-25)28(34)10-6-7-14-31-15-13-30-27(31)21-33/h3-5,8-9,11-13,15,19,24,33H,2,6-7,10,14,16-18,20-21H2,1H3. The maximum Gasteiger partial charge on any atom is 0.329 e. The fourth-order valence-corrected chi connectivity index (χ4v) is 4.55. The van der Waals surface area contributed by atoms with Crippen LogP contribution in [0.5, 0.6) is 11.5 Å². The van der Waals surface area contributed by atoms with E-state index >= 15 is 0 Å². The molecule has 1 amide bonds. The van der Waals surface area contributed by atoms with Crippen LogP contribution < -0.4 is 9.47 Å². The molecule has 0 aliphatic carbocycles. The first-order valence-electron chi connectivity index (χ1n) is 13.1. The second-order valence-electron chi connectivity index (χ2n) is 9.11. The number of aliphatic hydroxyl groups is 1. The van der Waals surface area contributed by atoms with Crippen molar-refractivity contribution < 1.29 is 28.9 Å². The molecule has 202 valence electrons. The van der Waals surface area contributed by atoms with Gasteiger partial charge in [-0.05, 0) is 43.0 Å². The van der Waals surface area contributed by atoms with E-state index in [1.807, 2.05) is 59.3 Å². The van der Waals surface area contributed by atoms with Crippen LogP contribution in [0.4, 0.5) is 0 Å². The van der Waals surface area contributed by atoms with Gasteiger partial charge in [-0.1, -0.05) is 36.4 Å². The molecular formula is C29H35N3O6. The second kappa shape index (κ2) is 13.6. The van der Waals surface area contributed by atoms with Gasteiger partial charge in [0.15, 0.2) is 11.5 Å². The molecule has 9 nitrogen and oxygen atoms in total. The molecule has 0 saturated carbocycles. The molecule has 0 fully saturated rings. The number of nitrogens with zero attached hydrogens (tertiary/aromatic N) is 3. The van der Waals surface area contributed by atoms with Gasteiger partial charge in [0.25, 0.3) is 0 Å². The van der Waals surface area contributed by atoms with Gasteiger partial charge in [-0.25, -0.2) is 9.78 Å². The molecular weight excluding hydrogens is 486 g/mol. The Balaban J connectivity index is 1.52. The molecule has 38 heavy (non-hydrogen) atoms. The minimum atomic E-state index is -0.771. The van der Waals surface area contributed by atoms with Crippen molar-refractivity contribution in [1.82, 2.24) is 14.5 Å². The Labute approximate surface area is 223 Å². The smallest absolute Gasteiger partial charge is 0.329 e. The summed E-state index contributed by atoms with van der Waals surface area (Å²) in [7, 11) is 0. The van der Waals surface area contributed by atoms with Crippen LogP contribution in [0, 0.1) is 0 Å². The molecule has 0 bridgehead atoms. The van der Waals surface area contributed by atoms with Crippen LogP contribution >= 0.6 is 0 Å². The Bertz CT molecular complexity index is 1200. The number of carbonyl (C=O) groups is 2. The highest BCUT2D eigenvalue weighted by atomic mass is 16.6. The summed E-state index contributed by atoms with van der Waals surface area (Å²) >= 11 is 0. The highest BCUT2D eigenvalue weighted by molar-refractivity contribution is 5.85. The SMILES string of the molecule is CCOC(=O)C(Cc1ccccc1)N(Cc1ccc2c(c1)OCCO2)C(=O)CCCCn1ccnc1CO. The van der Waals surface area contributed by atoms with Crippen molar-refractivity contribution in [1.29, 1.82) is 0 Å². The van der Waals surface area contributed by atoms with E-state index in [1.165, 1.54) is 0 Å². The number of hydrogen-bond acceptors (Lipinski definition) is 7. The molecule has 4 rings (SSSR count). The monoisotopic (exact) mass is 521 g/mol. The maximum atomic E-state index is 13.7. The number of aromatic nitrogens is 2. The Hall–Kier alpha value is -3.85. The van der Waals surface area contributed by atoms with Gasteiger partial charge in [0.05, 0.1) is 6.61 Å². The molecule has 1 N–H and O–H groups in total. The number of esters is 1. The third-order valence-electron chi connectivity index (χ3n) is 6.47. The number of fused-ring (bicyclic) bond motifs is 1. The zero-order valence-corrected chi connectivity index (χ0v) is 21.8. The number of amides is 1. The molecule has 3 aromatic rings. The lowest BCUT2D eigenvalue weighted by Gasteiger charge is -2.31. The van der Waals surface area contributed by atoms with Gasteiger partial charge in [-0.15, -0.1) is 0 Å². The van der Waals surface area contributed by atoms with Gasteiger partial charge in [-0.3, -0.25) is 4.79 Å². The molecule has 0 spiro atoms. The summed E-state index contributed by atoms with van der Waals surface area (Å²) in [5.74, 6) is 1.36. The summed E-state index contributed by atoms with van der Waals surface area (Å²) in [6, 6.07) is 14.5. The summed E-state index contributed by atoms with van der Waals surface area (Å²) in [4.78, 5) is 32.6. The average molecular weight is 522 g/mol. The van der Waals surface area contributed by atoms with Gasteiger partial charge in [0, 0.05) is 38.3 Å². The number of rotatable bonds is 13. The molecule has 1 atom stereocenters. The van der Waals surface area contributed by atoms with Crippen LogP contribution in [0.2, 0.25) is 0 Å². The first-order chi connectivity index (χ1) is 18.6. The third kappa shape index (κ3) is 7.13. The molecule has 2 aromatic carbocycles. The van der Waals surface area contributed by atoms with Crippen LogP contribution in [0.1, 0.15) is 43.1 Å². The van der Waals surface area contributed by atoms with E-state index in [9.17, 15) is 14.7 Å². The number of imidazole rings is 1. The van der Waals surface area contributed by atoms with Crippen molar-refractivity contribution in [2.24, 2.45) is 0 Å². The zero-order valence-electron chi connectivity index (χ0n) is 21.8. The van der Waals surface area contributed by atoms with Crippen LogP contribution in [0.15, 0.2) is 60.9 Å². The predicted molar refractivity (Wildman–Crippen MR) is 141 cm³/mol. The molecule has 1 aliphatic rings. The first-order valence-corrected chi connectivity index (χ1v) is 13.1. The summed E-state index contributed by atoms with van der Waals surface area (Å²) < 4.78 is 18.7. The Morgan fingerprint density at radius 3 is 2.63 bits per heavy atom. The van der Waals surface area contributed by atoms with Crippen molar-refractivity contribution in [3.63, 3.8) is 0 Å². The van der Waals surface area contributed by atoms with E-state index in [2.05, 4.69) is 4.98 Å². The summed E-state index contributed by atoms with van der Waals surface area (Å²) in [6.07, 6.45) is 5.46. The fourth-order valence-electron chi connectivity index (χ4n) is 4.55. The van der Waals surface area contributed by atoms with Gasteiger partial charge in [0.2, 0.25) is 5.91 Å². The Kier molecular flexibility index (Phi) is 9.75. The van der Waals surface area contributed by atoms with Gasteiger partial charge in [0.1, 0.15) is 31.7 Å². The van der Waals surface area contributed by atoms with E-state index in [-0.39, 0.29) is 32.1 Å². The lowest BCUT2D eigenvalue weighted by Crippen LogP contribution is -2.46. The van der Waals surface area contributed by atoms with E-state index in [1.54, 1.807) is 18.0 Å². The summed E-state index contributed by atoms with van der Waals surface area (Å²) in [5, 5.41) is 9.41. The Morgan fingerprint density at radius 1 is 1.08 bits per heavy atom. The topological polar surface area (TPSA) is 103 Å². The number of aliphatic hydroxyl groups excluding tert-OH is 1. The molecule has 0 saturated heterocycles. The third-order valence-corrected chi connectivity index (χ3v) is 6.47. The number of carbonyl (C=O) groups excluding carboxylic acids is 2. The van der Waals surface area contributed by atoms with Gasteiger partial charge >= 0.3 is 5.97 Å². The van der Waals surface area contributed by atoms with Crippen LogP contribution in [-0.2, 0) is 40.4 Å². The zero-order chi connectivity index (χ0) is 26.7. The Morgan fingerprint density at radius 2 is 1.87 bits per heavy atom. The lowest BCUT2D eigenvalue weighted by molar-refractivity contribution is -0.155. The van der Waals surface area contributed by atoms with Crippen molar-refractivity contribution in [3.8, 4) is 11.5 Å². The van der Waals surface area contributed by atoms with Crippen molar-refractivity contribution in [3.05, 3.63) is 77.9 Å². The van der Waals surface area contributed by atoms with E-state index in [4.69, 9.17) is 14.2 Å². The van der Waals surface area contributed by atoms with Gasteiger partial charge in [-0.2, -0.15) is 0 Å². The average Bonchev–Trinajstić information content (AvgIpc) is 3.41. The first kappa shape index (κ1) is 27.2. The predicted octanol–water partition coefficient (Wildman–Crippen LogP) is 3.52. The lowest BCUT2D eigenvalue weighted by atomic mass is 10.0. The summed E-state index contributed by atoms with van der Waals surface area (Å²) in [5.41, 5.74) is 1.79. The minimum absolute atomic E-state index is 0.123. The molecule has 1 aromatic heterocycles. The molecule has 2 heterocycles. The van der Waals surface area contributed by atoms with E-state index in [0.717, 1.165) is 17.5 Å². The molecule has 1 aliphatic heterocycles. The molecule has 9 heteroatoms. The largest absolute Gasteiger partial charge is 0.486 e. The van der Waals surface area contributed by atoms with Crippen LogP contribution in [-0.4, -0.2) is 57.3 Å². The number of ether oxygens (including phenoxy) is 3. The fraction of sp³-hybridized carbons (Fsp3) is 0.414. The molecule has 1 unspecified atom stereocenters. The van der Waals surface area contributed by atoms with Crippen LogP contribution in [0.25, 0.3) is 0 Å². The number of benzene rings is 2. The number of unbranched alkanes of at least 4 members (excludes halogenated alkanes) is 1. The van der Waals surface area contributed by atoms with Crippen LogP contribution in [0.3, 0.4) is 0 Å². The second-order valence-corrected chi connectivity index (χ2v) is 9.11. The molecule has 0 radical (unpaired) electrons. The van der Waals surface area contributed by atoms with Crippen molar-refractivity contribution in [2.75, 3.05) is 19.8 Å². The highest BCUT2D eigenvalue weighted by Gasteiger charge is 2.31. The van der Waals surface area contributed by atoms with Gasteiger partial charge < -0.3 is 28.8 Å². The van der Waals surface area contributed by atoms with Crippen molar-refractivity contribution in [2.45, 2.75) is 58.3 Å². The van der Waals surface area contributed by atoms with E-state index in [0.29, 0.717) is 49.9 Å². The number of hydrogen-bond donors (Lipinski definition) is 1. The minimum Gasteiger partial charge on any atom is -0.486 e. The van der Waals surface area contributed by atoms with E-state index < -0.39 is 12.0 Å².